The molecule has 1 unspecified atom stereocenters. The summed E-state index contributed by atoms with van der Waals surface area (Å²) in [4.78, 5) is 28.1. The average molecular weight is 341 g/mol. The number of carbonyl (C=O) groups excluding carboxylic acids is 2. The van der Waals surface area contributed by atoms with Crippen LogP contribution >= 0.6 is 0 Å². The number of nitrogens with zero attached hydrogens (tertiary/aromatic N) is 4. The number of hydrogen-bond acceptors (Lipinski definition) is 3. The molecule has 7 heteroatoms. The van der Waals surface area contributed by atoms with Gasteiger partial charge in [0.1, 0.15) is 6.54 Å². The molecule has 7 nitrogen and oxygen atoms in total. The summed E-state index contributed by atoms with van der Waals surface area (Å²) >= 11 is 0. The van der Waals surface area contributed by atoms with Crippen molar-refractivity contribution in [2.45, 2.75) is 19.9 Å². The van der Waals surface area contributed by atoms with Crippen LogP contribution < -0.4 is 10.2 Å². The van der Waals surface area contributed by atoms with E-state index in [-0.39, 0.29) is 24.5 Å². The third kappa shape index (κ3) is 3.81. The van der Waals surface area contributed by atoms with Crippen molar-refractivity contribution in [3.8, 4) is 0 Å². The van der Waals surface area contributed by atoms with Crippen molar-refractivity contribution in [1.29, 1.82) is 0 Å². The minimum Gasteiger partial charge on any atom is -0.331 e. The van der Waals surface area contributed by atoms with E-state index in [1.807, 2.05) is 45.2 Å². The maximum absolute atomic E-state index is 12.5. The van der Waals surface area contributed by atoms with Crippen molar-refractivity contribution in [2.24, 2.45) is 7.05 Å². The highest BCUT2D eigenvalue weighted by Crippen LogP contribution is 2.17. The third-order valence-electron chi connectivity index (χ3n) is 4.43. The van der Waals surface area contributed by atoms with Crippen LogP contribution in [0, 0.1) is 6.92 Å². The standard InChI is InChI=1S/C18H23N5O2/c1-13-4-6-15(7-5-13)14(2)20-18(25)22-8-9-23(17(24)12-22)16-10-19-21(3)11-16/h4-7,10-11,14H,8-9,12H2,1-3H3,(H,20,25). The molecule has 1 aliphatic heterocycles. The smallest absolute Gasteiger partial charge is 0.318 e. The molecule has 0 bridgehead atoms. The van der Waals surface area contributed by atoms with Crippen molar-refractivity contribution in [3.05, 3.63) is 47.8 Å². The summed E-state index contributed by atoms with van der Waals surface area (Å²) in [5.41, 5.74) is 2.99. The normalized spacial score (nSPS) is 16.0. The molecule has 1 aromatic carbocycles. The van der Waals surface area contributed by atoms with Gasteiger partial charge < -0.3 is 15.1 Å². The van der Waals surface area contributed by atoms with Gasteiger partial charge in [-0.05, 0) is 19.4 Å². The van der Waals surface area contributed by atoms with Gasteiger partial charge >= 0.3 is 6.03 Å². The Bertz CT molecular complexity index is 768. The van der Waals surface area contributed by atoms with E-state index >= 15 is 0 Å². The highest BCUT2D eigenvalue weighted by Gasteiger charge is 2.29. The van der Waals surface area contributed by atoms with E-state index in [1.54, 1.807) is 26.9 Å². The maximum Gasteiger partial charge on any atom is 0.318 e. The first kappa shape index (κ1) is 17.0. The summed E-state index contributed by atoms with van der Waals surface area (Å²) in [6.45, 7) is 5.00. The number of urea groups is 1. The second-order valence-electron chi connectivity index (χ2n) is 6.42. The van der Waals surface area contributed by atoms with Gasteiger partial charge in [0.15, 0.2) is 0 Å². The Kier molecular flexibility index (Phi) is 4.74. The molecule has 2 heterocycles. The molecule has 1 saturated heterocycles. The van der Waals surface area contributed by atoms with Gasteiger partial charge in [0.05, 0.1) is 17.9 Å². The van der Waals surface area contributed by atoms with Crippen molar-refractivity contribution in [3.63, 3.8) is 0 Å². The summed E-state index contributed by atoms with van der Waals surface area (Å²) < 4.78 is 1.66. The highest BCUT2D eigenvalue weighted by molar-refractivity contribution is 5.97. The molecule has 1 fully saturated rings. The summed E-state index contributed by atoms with van der Waals surface area (Å²) in [5.74, 6) is -0.0996. The van der Waals surface area contributed by atoms with E-state index in [0.29, 0.717) is 13.1 Å². The summed E-state index contributed by atoms with van der Waals surface area (Å²) in [6.07, 6.45) is 3.46. The summed E-state index contributed by atoms with van der Waals surface area (Å²) in [7, 11) is 1.81. The van der Waals surface area contributed by atoms with Crippen LogP contribution in [0.5, 0.6) is 0 Å². The topological polar surface area (TPSA) is 70.5 Å². The number of anilines is 1. The molecular formula is C18H23N5O2. The predicted molar refractivity (Wildman–Crippen MR) is 95.3 cm³/mol. The van der Waals surface area contributed by atoms with E-state index in [0.717, 1.165) is 11.3 Å². The molecular weight excluding hydrogens is 318 g/mol. The number of piperazine rings is 1. The minimum atomic E-state index is -0.215. The first-order valence-electron chi connectivity index (χ1n) is 8.35. The largest absolute Gasteiger partial charge is 0.331 e. The Morgan fingerprint density at radius 1 is 1.24 bits per heavy atom. The van der Waals surface area contributed by atoms with E-state index < -0.39 is 0 Å². The predicted octanol–water partition coefficient (Wildman–Crippen LogP) is 1.85. The number of aromatic nitrogens is 2. The average Bonchev–Trinajstić information content (AvgIpc) is 3.01. The second-order valence-corrected chi connectivity index (χ2v) is 6.42. The molecule has 1 atom stereocenters. The Morgan fingerprint density at radius 3 is 2.56 bits per heavy atom. The molecule has 1 aromatic heterocycles. The first-order valence-corrected chi connectivity index (χ1v) is 8.35. The van der Waals surface area contributed by atoms with Crippen LogP contribution in [0.2, 0.25) is 0 Å². The summed E-state index contributed by atoms with van der Waals surface area (Å²) in [6, 6.07) is 7.73. The van der Waals surface area contributed by atoms with Gasteiger partial charge in [0.25, 0.3) is 0 Å². The molecule has 0 spiro atoms. The molecule has 1 N–H and O–H groups in total. The van der Waals surface area contributed by atoms with E-state index in [2.05, 4.69) is 10.4 Å². The number of amides is 3. The van der Waals surface area contributed by atoms with Gasteiger partial charge in [-0.3, -0.25) is 9.48 Å². The lowest BCUT2D eigenvalue weighted by molar-refractivity contribution is -0.120. The van der Waals surface area contributed by atoms with Crippen molar-refractivity contribution in [1.82, 2.24) is 20.0 Å². The van der Waals surface area contributed by atoms with Crippen LogP contribution in [0.25, 0.3) is 0 Å². The number of hydrogen-bond donors (Lipinski definition) is 1. The lowest BCUT2D eigenvalue weighted by Gasteiger charge is -2.34. The maximum atomic E-state index is 12.5. The zero-order chi connectivity index (χ0) is 18.0. The Balaban J connectivity index is 1.59. The molecule has 0 aliphatic carbocycles. The molecule has 0 saturated carbocycles. The van der Waals surface area contributed by atoms with E-state index in [1.165, 1.54) is 5.56 Å². The fraction of sp³-hybridized carbons (Fsp3) is 0.389. The molecule has 132 valence electrons. The minimum absolute atomic E-state index is 0.0708. The van der Waals surface area contributed by atoms with Crippen LogP contribution in [-0.4, -0.2) is 46.3 Å². The molecule has 2 aromatic rings. The fourth-order valence-electron chi connectivity index (χ4n) is 2.88. The number of rotatable bonds is 3. The Hall–Kier alpha value is -2.83. The SMILES string of the molecule is Cc1ccc(C(C)NC(=O)N2CCN(c3cnn(C)c3)C(=O)C2)cc1. The van der Waals surface area contributed by atoms with Crippen molar-refractivity contribution in [2.75, 3.05) is 24.5 Å². The number of nitrogens with one attached hydrogen (secondary N) is 1. The molecule has 3 rings (SSSR count). The third-order valence-corrected chi connectivity index (χ3v) is 4.43. The lowest BCUT2D eigenvalue weighted by atomic mass is 10.1. The second kappa shape index (κ2) is 6.96. The van der Waals surface area contributed by atoms with Crippen molar-refractivity contribution >= 4 is 17.6 Å². The zero-order valence-electron chi connectivity index (χ0n) is 14.8. The van der Waals surface area contributed by atoms with Gasteiger partial charge in [-0.15, -0.1) is 0 Å². The van der Waals surface area contributed by atoms with Gasteiger partial charge in [-0.1, -0.05) is 29.8 Å². The van der Waals surface area contributed by atoms with E-state index in [9.17, 15) is 9.59 Å². The number of aryl methyl sites for hydroxylation is 2. The Morgan fingerprint density at radius 2 is 1.96 bits per heavy atom. The van der Waals surface area contributed by atoms with Crippen LogP contribution in [0.1, 0.15) is 24.1 Å². The van der Waals surface area contributed by atoms with Crippen LogP contribution in [-0.2, 0) is 11.8 Å². The molecule has 3 amide bonds. The monoisotopic (exact) mass is 341 g/mol. The number of carbonyl (C=O) groups is 2. The van der Waals surface area contributed by atoms with Gasteiger partial charge in [0, 0.05) is 26.3 Å². The van der Waals surface area contributed by atoms with Crippen LogP contribution in [0.3, 0.4) is 0 Å². The summed E-state index contributed by atoms with van der Waals surface area (Å²) in [5, 5.41) is 7.05. The zero-order valence-corrected chi connectivity index (χ0v) is 14.8. The van der Waals surface area contributed by atoms with Gasteiger partial charge in [0.2, 0.25) is 5.91 Å². The fourth-order valence-corrected chi connectivity index (χ4v) is 2.88. The van der Waals surface area contributed by atoms with Crippen LogP contribution in [0.15, 0.2) is 36.7 Å². The Labute approximate surface area is 147 Å². The highest BCUT2D eigenvalue weighted by atomic mass is 16.2. The molecule has 1 aliphatic rings. The van der Waals surface area contributed by atoms with E-state index in [4.69, 9.17) is 0 Å². The van der Waals surface area contributed by atoms with Crippen LogP contribution in [0.4, 0.5) is 10.5 Å². The lowest BCUT2D eigenvalue weighted by Crippen LogP contribution is -2.55. The van der Waals surface area contributed by atoms with Gasteiger partial charge in [-0.2, -0.15) is 5.10 Å². The van der Waals surface area contributed by atoms with Gasteiger partial charge in [-0.25, -0.2) is 4.79 Å². The first-order chi connectivity index (χ1) is 11.9. The number of benzene rings is 1. The van der Waals surface area contributed by atoms with Crippen molar-refractivity contribution < 1.29 is 9.59 Å². The quantitative estimate of drug-likeness (QED) is 0.926. The molecule has 0 radical (unpaired) electrons. The molecule has 25 heavy (non-hydrogen) atoms.